The first kappa shape index (κ1) is 14.4. The van der Waals surface area contributed by atoms with Crippen molar-refractivity contribution in [3.63, 3.8) is 0 Å². The van der Waals surface area contributed by atoms with E-state index in [-0.39, 0.29) is 0 Å². The van der Waals surface area contributed by atoms with Gasteiger partial charge in [0.05, 0.1) is 0 Å². The minimum absolute atomic E-state index is 0.428. The highest BCUT2D eigenvalue weighted by Gasteiger charge is 2.16. The quantitative estimate of drug-likeness (QED) is 0.273. The Balaban J connectivity index is 3.45. The lowest BCUT2D eigenvalue weighted by molar-refractivity contribution is -0.122. The molecule has 0 aromatic carbocycles. The standard InChI is InChI=1S/C10H19NO3S/c1-2-3-4-5-6-7-8-9(10(12)15)14-11-13/h9H,2-8H2,1H3,(H,12,15). The van der Waals surface area contributed by atoms with Crippen LogP contribution in [0.1, 0.15) is 51.9 Å². The van der Waals surface area contributed by atoms with E-state index >= 15 is 0 Å². The summed E-state index contributed by atoms with van der Waals surface area (Å²) < 4.78 is 0. The van der Waals surface area contributed by atoms with E-state index in [0.717, 1.165) is 19.3 Å². The first-order chi connectivity index (χ1) is 7.22. The van der Waals surface area contributed by atoms with Gasteiger partial charge in [-0.1, -0.05) is 39.0 Å². The number of hydrogen-bond donors (Lipinski definition) is 1. The summed E-state index contributed by atoms with van der Waals surface area (Å²) in [5, 5.41) is 1.84. The number of nitrogens with zero attached hydrogens (tertiary/aromatic N) is 1. The molecule has 5 heteroatoms. The summed E-state index contributed by atoms with van der Waals surface area (Å²) in [5.74, 6) is 0. The van der Waals surface area contributed by atoms with Crippen molar-refractivity contribution in [1.29, 1.82) is 0 Å². The van der Waals surface area contributed by atoms with Crippen LogP contribution in [0.3, 0.4) is 0 Å². The molecule has 0 aromatic rings. The maximum absolute atomic E-state index is 10.8. The summed E-state index contributed by atoms with van der Waals surface area (Å²) >= 11 is 3.62. The van der Waals surface area contributed by atoms with Gasteiger partial charge in [-0.3, -0.25) is 4.79 Å². The van der Waals surface area contributed by atoms with E-state index in [1.807, 2.05) is 0 Å². The lowest BCUT2D eigenvalue weighted by atomic mass is 10.1. The third-order valence-corrected chi connectivity index (χ3v) is 2.55. The molecule has 0 aromatic heterocycles. The van der Waals surface area contributed by atoms with Gasteiger partial charge in [-0.15, -0.1) is 17.5 Å². The Morgan fingerprint density at radius 1 is 1.27 bits per heavy atom. The minimum Gasteiger partial charge on any atom is -0.352 e. The van der Waals surface area contributed by atoms with Crippen LogP contribution in [-0.2, 0) is 9.63 Å². The molecule has 1 unspecified atom stereocenters. The molecular formula is C10H19NO3S. The van der Waals surface area contributed by atoms with Gasteiger partial charge in [0.2, 0.25) is 5.12 Å². The molecule has 0 radical (unpaired) electrons. The predicted molar refractivity (Wildman–Crippen MR) is 62.7 cm³/mol. The summed E-state index contributed by atoms with van der Waals surface area (Å²) in [7, 11) is 0. The second-order valence-electron chi connectivity index (χ2n) is 3.56. The molecule has 0 saturated heterocycles. The van der Waals surface area contributed by atoms with Crippen LogP contribution >= 0.6 is 12.6 Å². The Morgan fingerprint density at radius 3 is 2.40 bits per heavy atom. The summed E-state index contributed by atoms with van der Waals surface area (Å²) in [6.07, 6.45) is 6.54. The predicted octanol–water partition coefficient (Wildman–Crippen LogP) is 3.26. The average Bonchev–Trinajstić information content (AvgIpc) is 2.21. The Labute approximate surface area is 96.1 Å². The van der Waals surface area contributed by atoms with Crippen LogP contribution in [0.5, 0.6) is 0 Å². The van der Waals surface area contributed by atoms with Gasteiger partial charge in [-0.05, 0) is 12.8 Å². The van der Waals surface area contributed by atoms with E-state index in [4.69, 9.17) is 0 Å². The van der Waals surface area contributed by atoms with Crippen molar-refractivity contribution < 1.29 is 9.63 Å². The molecule has 1 atom stereocenters. The highest BCUT2D eigenvalue weighted by atomic mass is 32.1. The average molecular weight is 233 g/mol. The van der Waals surface area contributed by atoms with Crippen LogP contribution in [0.4, 0.5) is 0 Å². The summed E-state index contributed by atoms with van der Waals surface area (Å²) in [4.78, 5) is 25.1. The molecule has 15 heavy (non-hydrogen) atoms. The number of carbonyl (C=O) groups excluding carboxylic acids is 1. The van der Waals surface area contributed by atoms with Gasteiger partial charge in [-0.25, -0.2) is 0 Å². The van der Waals surface area contributed by atoms with E-state index < -0.39 is 11.2 Å². The number of unbranched alkanes of at least 4 members (excludes halogenated alkanes) is 5. The van der Waals surface area contributed by atoms with E-state index in [1.54, 1.807) is 0 Å². The molecule has 0 saturated carbocycles. The zero-order valence-corrected chi connectivity index (χ0v) is 10.0. The molecule has 0 rings (SSSR count). The normalized spacial score (nSPS) is 12.1. The maximum atomic E-state index is 10.8. The highest BCUT2D eigenvalue weighted by molar-refractivity contribution is 7.96. The molecule has 0 amide bonds. The SMILES string of the molecule is CCCCCCCCC(ON=O)C(=O)S. The van der Waals surface area contributed by atoms with Gasteiger partial charge >= 0.3 is 0 Å². The summed E-state index contributed by atoms with van der Waals surface area (Å²) in [5.41, 5.74) is 0. The first-order valence-corrected chi connectivity index (χ1v) is 5.88. The number of carbonyl (C=O) groups is 1. The largest absolute Gasteiger partial charge is 0.352 e. The number of rotatable bonds is 10. The lowest BCUT2D eigenvalue weighted by Crippen LogP contribution is -2.17. The molecule has 0 bridgehead atoms. The third kappa shape index (κ3) is 8.42. The van der Waals surface area contributed by atoms with Crippen LogP contribution in [0.25, 0.3) is 0 Å². The zero-order valence-electron chi connectivity index (χ0n) is 9.15. The van der Waals surface area contributed by atoms with Gasteiger partial charge in [0.1, 0.15) is 0 Å². The molecule has 0 aliphatic carbocycles. The molecule has 0 aliphatic heterocycles. The number of thiol groups is 1. The van der Waals surface area contributed by atoms with Crippen LogP contribution in [0.2, 0.25) is 0 Å². The summed E-state index contributed by atoms with van der Waals surface area (Å²) in [6.45, 7) is 2.17. The highest BCUT2D eigenvalue weighted by Crippen LogP contribution is 2.12. The summed E-state index contributed by atoms with van der Waals surface area (Å²) in [6, 6.07) is 0. The van der Waals surface area contributed by atoms with Crippen molar-refractivity contribution in [2.75, 3.05) is 0 Å². The van der Waals surface area contributed by atoms with Crippen LogP contribution in [0.15, 0.2) is 5.34 Å². The monoisotopic (exact) mass is 233 g/mol. The van der Waals surface area contributed by atoms with Gasteiger partial charge in [0.15, 0.2) is 11.4 Å². The van der Waals surface area contributed by atoms with Crippen LogP contribution < -0.4 is 0 Å². The Kier molecular flexibility index (Phi) is 9.57. The Hall–Kier alpha value is -0.580. The van der Waals surface area contributed by atoms with Gasteiger partial charge in [0, 0.05) is 0 Å². The second-order valence-corrected chi connectivity index (χ2v) is 4.00. The molecule has 0 fully saturated rings. The topological polar surface area (TPSA) is 55.7 Å². The first-order valence-electron chi connectivity index (χ1n) is 5.43. The molecular weight excluding hydrogens is 214 g/mol. The maximum Gasteiger partial charge on any atom is 0.229 e. The van der Waals surface area contributed by atoms with E-state index in [1.165, 1.54) is 19.3 Å². The molecule has 0 spiro atoms. The van der Waals surface area contributed by atoms with Crippen LogP contribution in [0, 0.1) is 4.91 Å². The fraction of sp³-hybridized carbons (Fsp3) is 0.900. The second kappa shape index (κ2) is 9.96. The molecule has 88 valence electrons. The lowest BCUT2D eigenvalue weighted by Gasteiger charge is -2.08. The minimum atomic E-state index is -0.767. The van der Waals surface area contributed by atoms with Crippen molar-refractivity contribution in [3.8, 4) is 0 Å². The van der Waals surface area contributed by atoms with Crippen molar-refractivity contribution >= 4 is 17.7 Å². The van der Waals surface area contributed by atoms with Gasteiger partial charge in [-0.2, -0.15) is 0 Å². The molecule has 0 N–H and O–H groups in total. The fourth-order valence-electron chi connectivity index (χ4n) is 1.38. The zero-order chi connectivity index (χ0) is 11.5. The van der Waals surface area contributed by atoms with Gasteiger partial charge in [0.25, 0.3) is 0 Å². The smallest absolute Gasteiger partial charge is 0.229 e. The number of hydrogen-bond acceptors (Lipinski definition) is 4. The van der Waals surface area contributed by atoms with Crippen molar-refractivity contribution in [3.05, 3.63) is 4.91 Å². The van der Waals surface area contributed by atoms with E-state index in [9.17, 15) is 9.70 Å². The van der Waals surface area contributed by atoms with Crippen molar-refractivity contribution in [1.82, 2.24) is 0 Å². The van der Waals surface area contributed by atoms with Crippen LogP contribution in [-0.4, -0.2) is 11.2 Å². The van der Waals surface area contributed by atoms with E-state index in [0.29, 0.717) is 6.42 Å². The fourth-order valence-corrected chi connectivity index (χ4v) is 1.56. The van der Waals surface area contributed by atoms with Crippen molar-refractivity contribution in [2.45, 2.75) is 58.0 Å². The Bertz CT molecular complexity index is 188. The van der Waals surface area contributed by atoms with Crippen molar-refractivity contribution in [2.24, 2.45) is 5.34 Å². The van der Waals surface area contributed by atoms with E-state index in [2.05, 4.69) is 29.7 Å². The molecule has 0 heterocycles. The molecule has 0 aliphatic rings. The van der Waals surface area contributed by atoms with Gasteiger partial charge < -0.3 is 4.84 Å². The Morgan fingerprint density at radius 2 is 1.87 bits per heavy atom. The third-order valence-electron chi connectivity index (χ3n) is 2.27. The molecule has 4 nitrogen and oxygen atoms in total.